The minimum atomic E-state index is 0.424. The van der Waals surface area contributed by atoms with E-state index in [9.17, 15) is 4.79 Å². The zero-order valence-electron chi connectivity index (χ0n) is 16.6. The summed E-state index contributed by atoms with van der Waals surface area (Å²) >= 11 is 0. The fourth-order valence-corrected chi connectivity index (χ4v) is 4.36. The number of carbonyl (C=O) groups is 1. The number of pyridine rings is 2. The molecule has 0 unspecified atom stereocenters. The summed E-state index contributed by atoms with van der Waals surface area (Å²) in [5.74, 6) is 0. The van der Waals surface area contributed by atoms with Crippen LogP contribution >= 0.6 is 0 Å². The van der Waals surface area contributed by atoms with Gasteiger partial charge in [-0.3, -0.25) is 14.8 Å². The maximum atomic E-state index is 11.0. The van der Waals surface area contributed by atoms with Crippen molar-refractivity contribution in [2.24, 2.45) is 0 Å². The highest BCUT2D eigenvalue weighted by Crippen LogP contribution is 2.38. The van der Waals surface area contributed by atoms with E-state index in [4.69, 9.17) is 0 Å². The van der Waals surface area contributed by atoms with Crippen molar-refractivity contribution in [3.63, 3.8) is 0 Å². The van der Waals surface area contributed by atoms with Gasteiger partial charge in [0.2, 0.25) is 0 Å². The molecule has 0 aliphatic rings. The molecule has 0 saturated heterocycles. The lowest BCUT2D eigenvalue weighted by atomic mass is 9.99. The van der Waals surface area contributed by atoms with Crippen LogP contribution in [-0.2, 0) is 0 Å². The van der Waals surface area contributed by atoms with Crippen LogP contribution in [-0.4, -0.2) is 20.8 Å². The van der Waals surface area contributed by atoms with E-state index in [2.05, 4.69) is 63.1 Å². The number of aromatic nitrogens is 3. The smallest absolute Gasteiger partial charge is 0.168 e. The van der Waals surface area contributed by atoms with E-state index in [1.807, 2.05) is 36.5 Å². The van der Waals surface area contributed by atoms with Gasteiger partial charge in [0, 0.05) is 27.9 Å². The van der Waals surface area contributed by atoms with Crippen LogP contribution in [0.15, 0.2) is 97.3 Å². The van der Waals surface area contributed by atoms with E-state index in [1.54, 1.807) is 12.3 Å². The number of rotatable bonds is 3. The molecule has 0 amide bonds. The average Bonchev–Trinajstić information content (AvgIpc) is 3.18. The predicted octanol–water partition coefficient (Wildman–Crippen LogP) is 6.21. The number of fused-ring (bicyclic) bond motifs is 4. The predicted molar refractivity (Wildman–Crippen MR) is 125 cm³/mol. The molecular formula is C27H17N3O. The van der Waals surface area contributed by atoms with Crippen LogP contribution < -0.4 is 0 Å². The van der Waals surface area contributed by atoms with Gasteiger partial charge in [-0.1, -0.05) is 48.5 Å². The standard InChI is InChI=1S/C27H17N3O/c31-17-20-12-13-21(16-28-20)30-25-10-4-2-7-23(25)27-22(8-5-11-26(27)30)19-14-18-6-1-3-9-24(18)29-15-19/h1-17H. The minimum absolute atomic E-state index is 0.424. The molecule has 3 aromatic heterocycles. The fraction of sp³-hybridized carbons (Fsp3) is 0. The summed E-state index contributed by atoms with van der Waals surface area (Å²) in [7, 11) is 0. The van der Waals surface area contributed by atoms with Gasteiger partial charge in [0.05, 0.1) is 28.4 Å². The first-order chi connectivity index (χ1) is 15.3. The third-order valence-electron chi connectivity index (χ3n) is 5.75. The number of para-hydroxylation sites is 2. The van der Waals surface area contributed by atoms with Crippen molar-refractivity contribution in [3.8, 4) is 16.8 Å². The van der Waals surface area contributed by atoms with Crippen LogP contribution in [0.5, 0.6) is 0 Å². The number of benzene rings is 3. The van der Waals surface area contributed by atoms with E-state index in [0.29, 0.717) is 5.69 Å². The van der Waals surface area contributed by atoms with Crippen LogP contribution in [0.1, 0.15) is 10.5 Å². The highest BCUT2D eigenvalue weighted by atomic mass is 16.1. The first-order valence-electron chi connectivity index (χ1n) is 10.1. The molecule has 146 valence electrons. The van der Waals surface area contributed by atoms with Crippen molar-refractivity contribution in [1.29, 1.82) is 0 Å². The Morgan fingerprint density at radius 1 is 0.742 bits per heavy atom. The first-order valence-corrected chi connectivity index (χ1v) is 10.1. The van der Waals surface area contributed by atoms with Crippen molar-refractivity contribution >= 4 is 39.0 Å². The zero-order valence-corrected chi connectivity index (χ0v) is 16.6. The summed E-state index contributed by atoms with van der Waals surface area (Å²) < 4.78 is 2.20. The largest absolute Gasteiger partial charge is 0.308 e. The molecule has 0 saturated carbocycles. The molecule has 3 heterocycles. The quantitative estimate of drug-likeness (QED) is 0.333. The summed E-state index contributed by atoms with van der Waals surface area (Å²) in [4.78, 5) is 20.0. The molecule has 3 aromatic carbocycles. The molecule has 0 atom stereocenters. The molecule has 6 rings (SSSR count). The van der Waals surface area contributed by atoms with Gasteiger partial charge in [-0.25, -0.2) is 0 Å². The van der Waals surface area contributed by atoms with Gasteiger partial charge in [0.15, 0.2) is 6.29 Å². The lowest BCUT2D eigenvalue weighted by Crippen LogP contribution is -1.96. The molecule has 0 bridgehead atoms. The van der Waals surface area contributed by atoms with Crippen molar-refractivity contribution in [2.45, 2.75) is 0 Å². The molecule has 0 aliphatic carbocycles. The molecule has 0 aliphatic heterocycles. The molecule has 31 heavy (non-hydrogen) atoms. The highest BCUT2D eigenvalue weighted by molar-refractivity contribution is 6.16. The molecule has 0 spiro atoms. The van der Waals surface area contributed by atoms with E-state index in [1.165, 1.54) is 10.8 Å². The van der Waals surface area contributed by atoms with Gasteiger partial charge in [-0.15, -0.1) is 0 Å². The van der Waals surface area contributed by atoms with Gasteiger partial charge in [0.25, 0.3) is 0 Å². The van der Waals surface area contributed by atoms with Gasteiger partial charge in [-0.2, -0.15) is 0 Å². The average molecular weight is 399 g/mol. The molecule has 0 N–H and O–H groups in total. The second-order valence-corrected chi connectivity index (χ2v) is 7.53. The first kappa shape index (κ1) is 17.5. The van der Waals surface area contributed by atoms with Gasteiger partial charge >= 0.3 is 0 Å². The van der Waals surface area contributed by atoms with Crippen LogP contribution in [0.2, 0.25) is 0 Å². The zero-order chi connectivity index (χ0) is 20.8. The Labute approximate surface area is 178 Å². The maximum Gasteiger partial charge on any atom is 0.168 e. The summed E-state index contributed by atoms with van der Waals surface area (Å²) in [5, 5.41) is 3.46. The van der Waals surface area contributed by atoms with E-state index >= 15 is 0 Å². The summed E-state index contributed by atoms with van der Waals surface area (Å²) in [6.45, 7) is 0. The molecular weight excluding hydrogens is 382 g/mol. The topological polar surface area (TPSA) is 47.8 Å². The van der Waals surface area contributed by atoms with Crippen molar-refractivity contribution in [3.05, 3.63) is 103 Å². The monoisotopic (exact) mass is 399 g/mol. The Morgan fingerprint density at radius 2 is 1.58 bits per heavy atom. The Morgan fingerprint density at radius 3 is 2.45 bits per heavy atom. The lowest BCUT2D eigenvalue weighted by molar-refractivity contribution is 0.111. The SMILES string of the molecule is O=Cc1ccc(-n2c3ccccc3c3c(-c4cnc5ccccc5c4)cccc32)cn1. The Kier molecular flexibility index (Phi) is 3.90. The summed E-state index contributed by atoms with van der Waals surface area (Å²) in [6, 6.07) is 28.8. The Balaban J connectivity index is 1.68. The van der Waals surface area contributed by atoms with E-state index < -0.39 is 0 Å². The third kappa shape index (κ3) is 2.73. The molecule has 6 aromatic rings. The number of aldehydes is 1. The van der Waals surface area contributed by atoms with Crippen LogP contribution in [0.4, 0.5) is 0 Å². The minimum Gasteiger partial charge on any atom is -0.308 e. The van der Waals surface area contributed by atoms with Gasteiger partial charge < -0.3 is 4.57 Å². The number of carbonyl (C=O) groups excluding carboxylic acids is 1. The second-order valence-electron chi connectivity index (χ2n) is 7.53. The number of nitrogens with zero attached hydrogens (tertiary/aromatic N) is 3. The highest BCUT2D eigenvalue weighted by Gasteiger charge is 2.16. The van der Waals surface area contributed by atoms with Crippen molar-refractivity contribution in [2.75, 3.05) is 0 Å². The summed E-state index contributed by atoms with van der Waals surface area (Å²) in [5.41, 5.74) is 6.75. The van der Waals surface area contributed by atoms with Gasteiger partial charge in [0.1, 0.15) is 5.69 Å². The second kappa shape index (κ2) is 6.89. The van der Waals surface area contributed by atoms with E-state index in [-0.39, 0.29) is 0 Å². The molecule has 0 radical (unpaired) electrons. The normalized spacial score (nSPS) is 11.4. The molecule has 4 nitrogen and oxygen atoms in total. The number of hydrogen-bond donors (Lipinski definition) is 0. The van der Waals surface area contributed by atoms with Crippen LogP contribution in [0.25, 0.3) is 49.5 Å². The summed E-state index contributed by atoms with van der Waals surface area (Å²) in [6.07, 6.45) is 4.46. The maximum absolute atomic E-state index is 11.0. The molecule has 0 fully saturated rings. The van der Waals surface area contributed by atoms with Crippen molar-refractivity contribution < 1.29 is 4.79 Å². The van der Waals surface area contributed by atoms with E-state index in [0.717, 1.165) is 45.0 Å². The van der Waals surface area contributed by atoms with Crippen LogP contribution in [0.3, 0.4) is 0 Å². The van der Waals surface area contributed by atoms with Gasteiger partial charge in [-0.05, 0) is 42.0 Å². The Bertz CT molecular complexity index is 1600. The third-order valence-corrected chi connectivity index (χ3v) is 5.75. The van der Waals surface area contributed by atoms with Crippen LogP contribution in [0, 0.1) is 0 Å². The lowest BCUT2D eigenvalue weighted by Gasteiger charge is -2.09. The fourth-order valence-electron chi connectivity index (χ4n) is 4.36. The molecule has 4 heteroatoms. The Hall–Kier alpha value is -4.31. The number of hydrogen-bond acceptors (Lipinski definition) is 3. The van der Waals surface area contributed by atoms with Crippen molar-refractivity contribution in [1.82, 2.24) is 14.5 Å².